The van der Waals surface area contributed by atoms with Gasteiger partial charge in [-0.3, -0.25) is 0 Å². The second-order valence-corrected chi connectivity index (χ2v) is 6.39. The topological polar surface area (TPSA) is 86.6 Å². The van der Waals surface area contributed by atoms with Gasteiger partial charge in [0.25, 0.3) is 0 Å². The molecule has 0 spiro atoms. The Morgan fingerprint density at radius 1 is 1.40 bits per heavy atom. The summed E-state index contributed by atoms with van der Waals surface area (Å²) in [5.41, 5.74) is -1.14. The highest BCUT2D eigenvalue weighted by molar-refractivity contribution is 7.91. The average molecular weight is 239 g/mol. The smallest absolute Gasteiger partial charge is 0.150 e. The van der Waals surface area contributed by atoms with Gasteiger partial charge in [0.05, 0.1) is 18.0 Å². The Balaban J connectivity index is 3.57. The van der Waals surface area contributed by atoms with Gasteiger partial charge >= 0.3 is 0 Å². The van der Waals surface area contributed by atoms with E-state index in [4.69, 9.17) is 5.11 Å². The molecule has 3 N–H and O–H groups in total. The first-order chi connectivity index (χ1) is 6.83. The Bertz CT molecular complexity index is 261. The van der Waals surface area contributed by atoms with Crippen molar-refractivity contribution >= 4 is 9.84 Å². The molecule has 0 heterocycles. The van der Waals surface area contributed by atoms with E-state index in [-0.39, 0.29) is 24.7 Å². The number of aliphatic hydroxyl groups is 2. The Hall–Kier alpha value is -0.170. The molecule has 5 nitrogen and oxygen atoms in total. The minimum Gasteiger partial charge on any atom is -0.393 e. The van der Waals surface area contributed by atoms with Crippen molar-refractivity contribution in [1.82, 2.24) is 5.32 Å². The van der Waals surface area contributed by atoms with Gasteiger partial charge in [0.15, 0.2) is 0 Å². The van der Waals surface area contributed by atoms with Crippen molar-refractivity contribution in [3.63, 3.8) is 0 Å². The molecule has 0 aromatic heterocycles. The van der Waals surface area contributed by atoms with Crippen LogP contribution in [0.2, 0.25) is 0 Å². The van der Waals surface area contributed by atoms with Crippen LogP contribution in [0, 0.1) is 0 Å². The van der Waals surface area contributed by atoms with Crippen LogP contribution in [0.5, 0.6) is 0 Å². The lowest BCUT2D eigenvalue weighted by Crippen LogP contribution is -2.41. The average Bonchev–Trinajstić information content (AvgIpc) is 2.17. The van der Waals surface area contributed by atoms with Gasteiger partial charge in [-0.25, -0.2) is 8.42 Å². The van der Waals surface area contributed by atoms with Crippen LogP contribution in [0.25, 0.3) is 0 Å². The van der Waals surface area contributed by atoms with Crippen LogP contribution in [-0.2, 0) is 9.84 Å². The van der Waals surface area contributed by atoms with Gasteiger partial charge in [0.2, 0.25) is 0 Å². The number of rotatable bonds is 8. The van der Waals surface area contributed by atoms with E-state index in [0.717, 1.165) is 0 Å². The number of nitrogens with one attached hydrogen (secondary N) is 1. The summed E-state index contributed by atoms with van der Waals surface area (Å²) in [7, 11) is -2.89. The molecule has 0 saturated carbocycles. The quantitative estimate of drug-likeness (QED) is 0.480. The van der Waals surface area contributed by atoms with E-state index < -0.39 is 15.4 Å². The highest BCUT2D eigenvalue weighted by Gasteiger charge is 2.17. The predicted molar refractivity (Wildman–Crippen MR) is 59.5 cm³/mol. The van der Waals surface area contributed by atoms with E-state index in [1.165, 1.54) is 6.92 Å². The van der Waals surface area contributed by atoms with Crippen LogP contribution in [0.4, 0.5) is 0 Å². The Labute approximate surface area is 91.4 Å². The maximum atomic E-state index is 11.1. The fraction of sp³-hybridized carbons (Fsp3) is 1.00. The van der Waals surface area contributed by atoms with E-state index in [1.807, 2.05) is 0 Å². The lowest BCUT2D eigenvalue weighted by atomic mass is 10.1. The zero-order chi connectivity index (χ0) is 11.9. The van der Waals surface area contributed by atoms with Crippen molar-refractivity contribution < 1.29 is 18.6 Å². The lowest BCUT2D eigenvalue weighted by molar-refractivity contribution is 0.00296. The molecule has 0 aromatic carbocycles. The summed E-state index contributed by atoms with van der Waals surface area (Å²) in [6.45, 7) is 3.61. The normalized spacial score (nSPS) is 16.3. The third kappa shape index (κ3) is 7.72. The molecule has 0 aliphatic rings. The lowest BCUT2D eigenvalue weighted by Gasteiger charge is -2.20. The summed E-state index contributed by atoms with van der Waals surface area (Å²) >= 11 is 0. The molecule has 0 fully saturated rings. The second kappa shape index (κ2) is 6.42. The van der Waals surface area contributed by atoms with Gasteiger partial charge in [-0.05, 0) is 19.9 Å². The summed E-state index contributed by atoms with van der Waals surface area (Å²) in [5, 5.41) is 21.0. The van der Waals surface area contributed by atoms with Crippen LogP contribution in [0.1, 0.15) is 20.3 Å². The largest absolute Gasteiger partial charge is 0.393 e. The molecule has 0 aliphatic carbocycles. The number of sulfone groups is 1. The molecule has 15 heavy (non-hydrogen) atoms. The fourth-order valence-corrected chi connectivity index (χ4v) is 1.85. The van der Waals surface area contributed by atoms with E-state index in [2.05, 4.69) is 5.32 Å². The van der Waals surface area contributed by atoms with Crippen molar-refractivity contribution in [3.8, 4) is 0 Å². The molecule has 92 valence electrons. The SMILES string of the molecule is CCS(=O)(=O)CCCNCC(C)(O)CO. The van der Waals surface area contributed by atoms with Crippen LogP contribution in [-0.4, -0.2) is 55.4 Å². The number of hydrogen-bond acceptors (Lipinski definition) is 5. The molecular weight excluding hydrogens is 218 g/mol. The van der Waals surface area contributed by atoms with Gasteiger partial charge in [-0.1, -0.05) is 6.92 Å². The molecule has 1 atom stereocenters. The van der Waals surface area contributed by atoms with E-state index in [0.29, 0.717) is 13.0 Å². The first-order valence-electron chi connectivity index (χ1n) is 5.07. The summed E-state index contributed by atoms with van der Waals surface area (Å²) in [6.07, 6.45) is 0.525. The molecular formula is C9H21NO4S. The van der Waals surface area contributed by atoms with Crippen molar-refractivity contribution in [2.75, 3.05) is 31.2 Å². The standard InChI is InChI=1S/C9H21NO4S/c1-3-15(13,14)6-4-5-10-7-9(2,12)8-11/h10-12H,3-8H2,1-2H3. The van der Waals surface area contributed by atoms with E-state index in [1.54, 1.807) is 6.92 Å². The zero-order valence-corrected chi connectivity index (χ0v) is 10.2. The fourth-order valence-electron chi connectivity index (χ4n) is 0.975. The highest BCUT2D eigenvalue weighted by atomic mass is 32.2. The molecule has 0 aromatic rings. The first-order valence-corrected chi connectivity index (χ1v) is 6.89. The molecule has 0 saturated heterocycles. The molecule has 0 amide bonds. The third-order valence-electron chi connectivity index (χ3n) is 2.10. The summed E-state index contributed by atoms with van der Waals surface area (Å²) in [4.78, 5) is 0. The minimum absolute atomic E-state index is 0.164. The van der Waals surface area contributed by atoms with Crippen molar-refractivity contribution in [2.24, 2.45) is 0 Å². The molecule has 0 bridgehead atoms. The molecule has 0 aliphatic heterocycles. The number of aliphatic hydroxyl groups excluding tert-OH is 1. The van der Waals surface area contributed by atoms with Gasteiger partial charge in [-0.2, -0.15) is 0 Å². The Kier molecular flexibility index (Phi) is 6.35. The van der Waals surface area contributed by atoms with Gasteiger partial charge in [-0.15, -0.1) is 0 Å². The molecule has 0 radical (unpaired) electrons. The van der Waals surface area contributed by atoms with Crippen molar-refractivity contribution in [1.29, 1.82) is 0 Å². The predicted octanol–water partition coefficient (Wildman–Crippen LogP) is -0.856. The van der Waals surface area contributed by atoms with Crippen LogP contribution >= 0.6 is 0 Å². The minimum atomic E-state index is -2.89. The van der Waals surface area contributed by atoms with E-state index >= 15 is 0 Å². The summed E-state index contributed by atoms with van der Waals surface area (Å²) in [5.74, 6) is 0.332. The van der Waals surface area contributed by atoms with Crippen molar-refractivity contribution in [2.45, 2.75) is 25.9 Å². The monoisotopic (exact) mass is 239 g/mol. The number of hydrogen-bond donors (Lipinski definition) is 3. The van der Waals surface area contributed by atoms with Crippen LogP contribution in [0.3, 0.4) is 0 Å². The summed E-state index contributed by atoms with van der Waals surface area (Å²) in [6, 6.07) is 0. The maximum Gasteiger partial charge on any atom is 0.150 e. The van der Waals surface area contributed by atoms with Gasteiger partial charge in [0.1, 0.15) is 9.84 Å². The highest BCUT2D eigenvalue weighted by Crippen LogP contribution is 1.98. The zero-order valence-electron chi connectivity index (χ0n) is 9.36. The van der Waals surface area contributed by atoms with E-state index in [9.17, 15) is 13.5 Å². The third-order valence-corrected chi connectivity index (χ3v) is 3.89. The molecule has 1 unspecified atom stereocenters. The first kappa shape index (κ1) is 14.8. The Morgan fingerprint density at radius 3 is 2.47 bits per heavy atom. The maximum absolute atomic E-state index is 11.1. The molecule has 6 heteroatoms. The molecule has 0 rings (SSSR count). The van der Waals surface area contributed by atoms with Crippen LogP contribution < -0.4 is 5.32 Å². The van der Waals surface area contributed by atoms with Crippen molar-refractivity contribution in [3.05, 3.63) is 0 Å². The van der Waals surface area contributed by atoms with Gasteiger partial charge < -0.3 is 15.5 Å². The Morgan fingerprint density at radius 2 is 2.00 bits per heavy atom. The van der Waals surface area contributed by atoms with Gasteiger partial charge in [0, 0.05) is 12.3 Å². The van der Waals surface area contributed by atoms with Crippen LogP contribution in [0.15, 0.2) is 0 Å². The second-order valence-electron chi connectivity index (χ2n) is 3.92. The summed E-state index contributed by atoms with van der Waals surface area (Å²) < 4.78 is 22.2.